The van der Waals surface area contributed by atoms with E-state index in [4.69, 9.17) is 9.47 Å². The van der Waals surface area contributed by atoms with Crippen molar-refractivity contribution in [3.05, 3.63) is 60.2 Å². The fourth-order valence-electron chi connectivity index (χ4n) is 12.4. The molecule has 0 aliphatic carbocycles. The summed E-state index contributed by atoms with van der Waals surface area (Å²) in [5.41, 5.74) is 9.04. The van der Waals surface area contributed by atoms with E-state index < -0.39 is 16.1 Å². The Morgan fingerprint density at radius 3 is 1.48 bits per heavy atom. The Balaban J connectivity index is 1.96. The molecule has 1 saturated heterocycles. The molecule has 3 aromatic carbocycles. The Hall–Kier alpha value is -2.35. The summed E-state index contributed by atoms with van der Waals surface area (Å²) in [5, 5.41) is 5.84. The molecule has 298 valence electrons. The number of hydrogen-bond donors (Lipinski definition) is 0. The van der Waals surface area contributed by atoms with Crippen LogP contribution in [0.2, 0.25) is 33.2 Å². The minimum atomic E-state index is -1.95. The zero-order chi connectivity index (χ0) is 40.1. The number of nitrogens with zero attached hydrogens (tertiary/aromatic N) is 1. The summed E-state index contributed by atoms with van der Waals surface area (Å²) < 4.78 is 15.9. The second-order valence-corrected chi connectivity index (χ2v) is 32.6. The predicted molar refractivity (Wildman–Crippen MR) is 243 cm³/mol. The van der Waals surface area contributed by atoms with Crippen LogP contribution in [0.15, 0.2) is 54.6 Å². The van der Waals surface area contributed by atoms with Crippen LogP contribution in [0.1, 0.15) is 149 Å². The molecule has 5 heteroatoms. The summed E-state index contributed by atoms with van der Waals surface area (Å²) in [6, 6.07) is 22.4. The number of aromatic nitrogens is 1. The average molecular weight is 768 g/mol. The first-order valence-electron chi connectivity index (χ1n) is 21.6. The second-order valence-electron chi connectivity index (χ2n) is 20.8. The van der Waals surface area contributed by atoms with Crippen LogP contribution in [0.5, 0.6) is 5.75 Å². The number of ether oxygens (including phenoxy) is 2. The molecule has 4 aromatic rings. The first-order chi connectivity index (χ1) is 25.1. The van der Waals surface area contributed by atoms with Gasteiger partial charge in [-0.25, -0.2) is 0 Å². The molecular weight excluding hydrogens is 691 g/mol. The molecule has 2 heterocycles. The SMILES string of the molecule is CC(C)[Si](c1ccc2c3ccc([Si](C(C)C)(C(C)C)C(C)C)cc3n(-c3cc(C(C)(C)CC(C)(C)C)ccc3OC3CCCCO3)c2c1)(C(C)C)C(C)C. The molecular formula is C49H77NO2Si2. The summed E-state index contributed by atoms with van der Waals surface area (Å²) in [4.78, 5) is 0. The number of fused-ring (bicyclic) bond motifs is 3. The van der Waals surface area contributed by atoms with Crippen LogP contribution in [0, 0.1) is 5.41 Å². The third-order valence-electron chi connectivity index (χ3n) is 13.8. The monoisotopic (exact) mass is 768 g/mol. The molecule has 0 radical (unpaired) electrons. The second kappa shape index (κ2) is 15.9. The zero-order valence-corrected chi connectivity index (χ0v) is 39.5. The van der Waals surface area contributed by atoms with E-state index in [9.17, 15) is 0 Å². The highest BCUT2D eigenvalue weighted by Crippen LogP contribution is 2.46. The standard InChI is InChI=1S/C49H77NO2Si2/c1-32(2)53(33(3)4,34(5)6)39-22-24-41-42-25-23-40(54(35(7)8,36(9)10)37(11)12)30-44(42)50(43(41)29-39)45-28-38(49(16,17)31-48(13,14)15)21-26-46(45)52-47-20-18-19-27-51-47/h21-26,28-30,32-37,47H,18-20,27,31H2,1-17H3. The topological polar surface area (TPSA) is 23.4 Å². The maximum absolute atomic E-state index is 6.98. The average Bonchev–Trinajstić information content (AvgIpc) is 3.36. The van der Waals surface area contributed by atoms with E-state index in [0.717, 1.165) is 43.7 Å². The maximum Gasteiger partial charge on any atom is 0.199 e. The van der Waals surface area contributed by atoms with Gasteiger partial charge in [0.25, 0.3) is 0 Å². The minimum absolute atomic E-state index is 0.0219. The van der Waals surface area contributed by atoms with Gasteiger partial charge in [-0.1, -0.05) is 158 Å². The van der Waals surface area contributed by atoms with Crippen molar-refractivity contribution in [2.75, 3.05) is 6.61 Å². The molecule has 1 atom stereocenters. The Labute approximate surface area is 333 Å². The first-order valence-corrected chi connectivity index (χ1v) is 26.1. The lowest BCUT2D eigenvalue weighted by molar-refractivity contribution is -0.105. The molecule has 0 spiro atoms. The molecule has 0 N–H and O–H groups in total. The van der Waals surface area contributed by atoms with E-state index in [1.54, 1.807) is 10.4 Å². The van der Waals surface area contributed by atoms with Gasteiger partial charge in [-0.2, -0.15) is 0 Å². The molecule has 3 nitrogen and oxygen atoms in total. The van der Waals surface area contributed by atoms with Crippen LogP contribution < -0.4 is 15.1 Å². The van der Waals surface area contributed by atoms with Crippen molar-refractivity contribution in [2.24, 2.45) is 5.41 Å². The van der Waals surface area contributed by atoms with Crippen LogP contribution in [0.4, 0.5) is 0 Å². The van der Waals surface area contributed by atoms with E-state index in [-0.39, 0.29) is 17.1 Å². The van der Waals surface area contributed by atoms with Gasteiger partial charge in [0, 0.05) is 17.2 Å². The van der Waals surface area contributed by atoms with Crippen molar-refractivity contribution in [2.45, 2.75) is 188 Å². The van der Waals surface area contributed by atoms with Gasteiger partial charge in [0.05, 0.1) is 39.5 Å². The molecule has 0 saturated carbocycles. The van der Waals surface area contributed by atoms with Gasteiger partial charge >= 0.3 is 0 Å². The normalized spacial score (nSPS) is 16.8. The smallest absolute Gasteiger partial charge is 0.199 e. The summed E-state index contributed by atoms with van der Waals surface area (Å²) in [6.45, 7) is 42.6. The predicted octanol–water partition coefficient (Wildman–Crippen LogP) is 14.2. The molecule has 1 aliphatic rings. The zero-order valence-electron chi connectivity index (χ0n) is 37.5. The van der Waals surface area contributed by atoms with Crippen molar-refractivity contribution in [3.8, 4) is 11.4 Å². The minimum Gasteiger partial charge on any atom is -0.463 e. The lowest BCUT2D eigenvalue weighted by Gasteiger charge is -2.43. The Morgan fingerprint density at radius 1 is 0.630 bits per heavy atom. The molecule has 1 aliphatic heterocycles. The lowest BCUT2D eigenvalue weighted by atomic mass is 9.72. The van der Waals surface area contributed by atoms with Crippen LogP contribution >= 0.6 is 0 Å². The van der Waals surface area contributed by atoms with E-state index >= 15 is 0 Å². The summed E-state index contributed by atoms with van der Waals surface area (Å²) >= 11 is 0. The highest BCUT2D eigenvalue weighted by molar-refractivity contribution is 6.95. The number of rotatable bonds is 13. The van der Waals surface area contributed by atoms with Gasteiger partial charge in [0.2, 0.25) is 0 Å². The van der Waals surface area contributed by atoms with Crippen LogP contribution in [0.3, 0.4) is 0 Å². The molecule has 1 unspecified atom stereocenters. The Morgan fingerprint density at radius 2 is 1.09 bits per heavy atom. The summed E-state index contributed by atoms with van der Waals surface area (Å²) in [6.07, 6.45) is 4.03. The molecule has 54 heavy (non-hydrogen) atoms. The highest BCUT2D eigenvalue weighted by atomic mass is 28.3. The van der Waals surface area contributed by atoms with Crippen LogP contribution in [-0.4, -0.2) is 33.6 Å². The molecule has 1 fully saturated rings. The van der Waals surface area contributed by atoms with Gasteiger partial charge in [0.1, 0.15) is 5.75 Å². The molecule has 0 bridgehead atoms. The number of benzene rings is 3. The van der Waals surface area contributed by atoms with E-state index in [1.165, 1.54) is 27.4 Å². The maximum atomic E-state index is 6.98. The highest BCUT2D eigenvalue weighted by Gasteiger charge is 2.46. The molecule has 0 amide bonds. The Bertz CT molecular complexity index is 1770. The van der Waals surface area contributed by atoms with Crippen molar-refractivity contribution >= 4 is 48.3 Å². The van der Waals surface area contributed by atoms with E-state index in [0.29, 0.717) is 33.2 Å². The number of hydrogen-bond acceptors (Lipinski definition) is 2. The van der Waals surface area contributed by atoms with Crippen LogP contribution in [0.25, 0.3) is 27.5 Å². The molecule has 1 aromatic heterocycles. The third-order valence-corrected chi connectivity index (χ3v) is 27.9. The molecule has 5 rings (SSSR count). The van der Waals surface area contributed by atoms with Crippen molar-refractivity contribution in [3.63, 3.8) is 0 Å². The first kappa shape index (κ1) is 42.8. The largest absolute Gasteiger partial charge is 0.463 e. The lowest BCUT2D eigenvalue weighted by Crippen LogP contribution is -2.55. The van der Waals surface area contributed by atoms with E-state index in [1.807, 2.05) is 0 Å². The van der Waals surface area contributed by atoms with Gasteiger partial charge in [0.15, 0.2) is 6.29 Å². The Kier molecular flexibility index (Phi) is 12.6. The van der Waals surface area contributed by atoms with Crippen molar-refractivity contribution in [1.29, 1.82) is 0 Å². The fraction of sp³-hybridized carbons (Fsp3) is 0.633. The quantitative estimate of drug-likeness (QED) is 0.127. The third kappa shape index (κ3) is 7.56. The summed E-state index contributed by atoms with van der Waals surface area (Å²) in [7, 11) is -3.91. The van der Waals surface area contributed by atoms with Gasteiger partial charge in [-0.3, -0.25) is 0 Å². The fourth-order valence-corrected chi connectivity index (χ4v) is 25.9. The van der Waals surface area contributed by atoms with Crippen molar-refractivity contribution in [1.82, 2.24) is 4.57 Å². The van der Waals surface area contributed by atoms with Gasteiger partial charge < -0.3 is 14.0 Å². The van der Waals surface area contributed by atoms with Gasteiger partial charge in [-0.05, 0) is 93.2 Å². The summed E-state index contributed by atoms with van der Waals surface area (Å²) in [5.74, 6) is 0.923. The van der Waals surface area contributed by atoms with Crippen molar-refractivity contribution < 1.29 is 9.47 Å². The van der Waals surface area contributed by atoms with E-state index in [2.05, 4.69) is 177 Å². The van der Waals surface area contributed by atoms with Crippen LogP contribution in [-0.2, 0) is 10.2 Å². The van der Waals surface area contributed by atoms with Gasteiger partial charge in [-0.15, -0.1) is 0 Å².